The summed E-state index contributed by atoms with van der Waals surface area (Å²) in [6, 6.07) is 11.5. The molecule has 41 heavy (non-hydrogen) atoms. The van der Waals surface area contributed by atoms with Crippen LogP contribution in [-0.2, 0) is 9.59 Å². The summed E-state index contributed by atoms with van der Waals surface area (Å²) in [5.41, 5.74) is 4.45. The number of halogens is 2. The van der Waals surface area contributed by atoms with Crippen molar-refractivity contribution in [1.82, 2.24) is 9.88 Å². The number of likely N-dealkylation sites (tertiary alicyclic amines) is 1. The lowest BCUT2D eigenvalue weighted by atomic mass is 9.98. The molecule has 1 aromatic heterocycles. The average Bonchev–Trinajstić information content (AvgIpc) is 3.78. The van der Waals surface area contributed by atoms with E-state index >= 15 is 4.39 Å². The molecule has 2 aliphatic rings. The molecule has 1 saturated heterocycles. The number of piperidine rings is 1. The molecule has 10 nitrogen and oxygen atoms in total. The highest BCUT2D eigenvalue weighted by Gasteiger charge is 2.57. The van der Waals surface area contributed by atoms with Gasteiger partial charge in [0.25, 0.3) is 0 Å². The standard InChI is InChI=1S/C29H29F2N5O5/c30-19-1-3-20(4-2-19)36(27(39)29(10-11-29)26(32)38)21-5-6-24(23(31)15-21)41-22-7-12-33-25(16-22)34-28(40)35-13-8-18(17-37)9-14-35/h1-7,12,15-16,18,37H,8-11,13-14,17H2,(H2,32,38)(H,33,34,40). The number of primary amides is 1. The molecule has 1 saturated carbocycles. The Kier molecular flexibility index (Phi) is 7.84. The number of benzene rings is 2. The molecule has 2 fully saturated rings. The fraction of sp³-hybridized carbons (Fsp3) is 0.310. The summed E-state index contributed by atoms with van der Waals surface area (Å²) in [5.74, 6) is -2.28. The highest BCUT2D eigenvalue weighted by molar-refractivity contribution is 6.16. The zero-order valence-electron chi connectivity index (χ0n) is 22.1. The Bertz CT molecular complexity index is 1460. The molecular formula is C29H29F2N5O5. The first-order valence-electron chi connectivity index (χ1n) is 13.2. The van der Waals surface area contributed by atoms with Crippen molar-refractivity contribution < 1.29 is 33.0 Å². The Hall–Kier alpha value is -4.58. The Balaban J connectivity index is 1.33. The summed E-state index contributed by atoms with van der Waals surface area (Å²) in [4.78, 5) is 45.0. The molecular weight excluding hydrogens is 536 g/mol. The van der Waals surface area contributed by atoms with E-state index in [0.29, 0.717) is 25.9 Å². The highest BCUT2D eigenvalue weighted by atomic mass is 19.1. The number of pyridine rings is 1. The van der Waals surface area contributed by atoms with Crippen LogP contribution in [-0.4, -0.2) is 52.5 Å². The smallest absolute Gasteiger partial charge is 0.323 e. The van der Waals surface area contributed by atoms with Gasteiger partial charge in [-0.3, -0.25) is 19.8 Å². The quantitative estimate of drug-likeness (QED) is 0.348. The van der Waals surface area contributed by atoms with E-state index in [1.165, 1.54) is 42.6 Å². The van der Waals surface area contributed by atoms with E-state index in [4.69, 9.17) is 10.5 Å². The number of carbonyl (C=O) groups excluding carboxylic acids is 3. The van der Waals surface area contributed by atoms with Gasteiger partial charge >= 0.3 is 6.03 Å². The van der Waals surface area contributed by atoms with E-state index in [0.717, 1.165) is 23.1 Å². The van der Waals surface area contributed by atoms with Gasteiger partial charge in [0.1, 0.15) is 22.8 Å². The topological polar surface area (TPSA) is 138 Å². The van der Waals surface area contributed by atoms with E-state index in [1.54, 1.807) is 4.90 Å². The largest absolute Gasteiger partial charge is 0.454 e. The number of urea groups is 1. The van der Waals surface area contributed by atoms with Gasteiger partial charge in [0.2, 0.25) is 11.8 Å². The molecule has 214 valence electrons. The second kappa shape index (κ2) is 11.5. The summed E-state index contributed by atoms with van der Waals surface area (Å²) >= 11 is 0. The monoisotopic (exact) mass is 565 g/mol. The number of aliphatic hydroxyl groups is 1. The van der Waals surface area contributed by atoms with Crippen LogP contribution in [0.1, 0.15) is 25.7 Å². The molecule has 0 spiro atoms. The number of nitrogens with one attached hydrogen (secondary N) is 1. The molecule has 2 aromatic carbocycles. The van der Waals surface area contributed by atoms with Crippen LogP contribution in [0.5, 0.6) is 11.5 Å². The molecule has 3 aromatic rings. The Morgan fingerprint density at radius 1 is 1.05 bits per heavy atom. The van der Waals surface area contributed by atoms with Gasteiger partial charge in [0.15, 0.2) is 11.6 Å². The van der Waals surface area contributed by atoms with E-state index in [9.17, 15) is 23.9 Å². The number of aromatic nitrogens is 1. The van der Waals surface area contributed by atoms with Crippen molar-refractivity contribution in [1.29, 1.82) is 0 Å². The van der Waals surface area contributed by atoms with Crippen LogP contribution >= 0.6 is 0 Å². The van der Waals surface area contributed by atoms with Gasteiger partial charge in [-0.15, -0.1) is 0 Å². The SMILES string of the molecule is NC(=O)C1(C(=O)N(c2ccc(F)cc2)c2ccc(Oc3ccnc(NC(=O)N4CCC(CO)CC4)c3)c(F)c2)CC1. The van der Waals surface area contributed by atoms with Crippen LogP contribution in [0.2, 0.25) is 0 Å². The number of aliphatic hydroxyl groups excluding tert-OH is 1. The minimum absolute atomic E-state index is 0.0999. The molecule has 4 amide bonds. The molecule has 0 bridgehead atoms. The summed E-state index contributed by atoms with van der Waals surface area (Å²) in [6.45, 7) is 1.13. The molecule has 1 aliphatic carbocycles. The second-order valence-electron chi connectivity index (χ2n) is 10.2. The van der Waals surface area contributed by atoms with Crippen LogP contribution < -0.4 is 20.7 Å². The maximum absolute atomic E-state index is 15.3. The first-order chi connectivity index (χ1) is 19.7. The fourth-order valence-corrected chi connectivity index (χ4v) is 4.77. The molecule has 0 unspecified atom stereocenters. The van der Waals surface area contributed by atoms with Gasteiger partial charge in [-0.05, 0) is 74.1 Å². The van der Waals surface area contributed by atoms with Gasteiger partial charge in [0.05, 0.1) is 5.69 Å². The Morgan fingerprint density at radius 3 is 2.34 bits per heavy atom. The number of amides is 4. The number of ether oxygens (including phenoxy) is 1. The third-order valence-corrected chi connectivity index (χ3v) is 7.45. The summed E-state index contributed by atoms with van der Waals surface area (Å²) < 4.78 is 34.6. The Morgan fingerprint density at radius 2 is 1.73 bits per heavy atom. The lowest BCUT2D eigenvalue weighted by Crippen LogP contribution is -2.41. The van der Waals surface area contributed by atoms with E-state index in [-0.39, 0.29) is 60.1 Å². The van der Waals surface area contributed by atoms with Gasteiger partial charge in [0, 0.05) is 43.7 Å². The first kappa shape index (κ1) is 28.0. The molecule has 0 atom stereocenters. The second-order valence-corrected chi connectivity index (χ2v) is 10.2. The van der Waals surface area contributed by atoms with Gasteiger partial charge in [-0.1, -0.05) is 0 Å². The predicted molar refractivity (Wildman–Crippen MR) is 146 cm³/mol. The number of hydrogen-bond donors (Lipinski definition) is 3. The number of nitrogens with zero attached hydrogens (tertiary/aromatic N) is 3. The van der Waals surface area contributed by atoms with Crippen molar-refractivity contribution in [3.8, 4) is 11.5 Å². The third kappa shape index (κ3) is 5.97. The van der Waals surface area contributed by atoms with Crippen LogP contribution in [0.3, 0.4) is 0 Å². The van der Waals surface area contributed by atoms with E-state index in [1.807, 2.05) is 0 Å². The van der Waals surface area contributed by atoms with Crippen molar-refractivity contribution in [3.05, 3.63) is 72.4 Å². The molecule has 4 N–H and O–H groups in total. The normalized spacial score (nSPS) is 16.1. The summed E-state index contributed by atoms with van der Waals surface area (Å²) in [7, 11) is 0. The highest BCUT2D eigenvalue weighted by Crippen LogP contribution is 2.49. The molecule has 5 rings (SSSR count). The number of hydrogen-bond acceptors (Lipinski definition) is 6. The van der Waals surface area contributed by atoms with Gasteiger partial charge in [-0.25, -0.2) is 18.6 Å². The van der Waals surface area contributed by atoms with Crippen molar-refractivity contribution >= 4 is 35.0 Å². The Labute approximate surface area is 234 Å². The molecule has 0 radical (unpaired) electrons. The molecule has 12 heteroatoms. The van der Waals surface area contributed by atoms with Gasteiger partial charge in [-0.2, -0.15) is 0 Å². The number of rotatable bonds is 8. The van der Waals surface area contributed by atoms with Crippen LogP contribution in [0.15, 0.2) is 60.8 Å². The van der Waals surface area contributed by atoms with E-state index in [2.05, 4.69) is 10.3 Å². The predicted octanol–water partition coefficient (Wildman–Crippen LogP) is 4.32. The molecule has 1 aliphatic heterocycles. The minimum Gasteiger partial charge on any atom is -0.454 e. The lowest BCUT2D eigenvalue weighted by molar-refractivity contribution is -0.133. The zero-order valence-corrected chi connectivity index (χ0v) is 22.1. The average molecular weight is 566 g/mol. The molecule has 2 heterocycles. The summed E-state index contributed by atoms with van der Waals surface area (Å²) in [5, 5.41) is 12.0. The number of anilines is 3. The zero-order chi connectivity index (χ0) is 29.1. The van der Waals surface area contributed by atoms with Gasteiger partial charge < -0.3 is 20.5 Å². The van der Waals surface area contributed by atoms with Crippen LogP contribution in [0.25, 0.3) is 0 Å². The van der Waals surface area contributed by atoms with Crippen molar-refractivity contribution in [2.24, 2.45) is 17.1 Å². The maximum atomic E-state index is 15.3. The summed E-state index contributed by atoms with van der Waals surface area (Å²) in [6.07, 6.45) is 3.37. The van der Waals surface area contributed by atoms with Crippen LogP contribution in [0.4, 0.5) is 30.8 Å². The van der Waals surface area contributed by atoms with E-state index < -0.39 is 28.9 Å². The minimum atomic E-state index is -1.40. The number of nitrogens with two attached hydrogens (primary N) is 1. The first-order valence-corrected chi connectivity index (χ1v) is 13.2. The third-order valence-electron chi connectivity index (χ3n) is 7.45. The fourth-order valence-electron chi connectivity index (χ4n) is 4.77. The maximum Gasteiger partial charge on any atom is 0.323 e. The number of carbonyl (C=O) groups is 3. The lowest BCUT2D eigenvalue weighted by Gasteiger charge is -2.30. The van der Waals surface area contributed by atoms with Crippen molar-refractivity contribution in [2.75, 3.05) is 29.9 Å². The van der Waals surface area contributed by atoms with Crippen LogP contribution in [0, 0.1) is 23.0 Å². The van der Waals surface area contributed by atoms with Crippen molar-refractivity contribution in [2.45, 2.75) is 25.7 Å². The van der Waals surface area contributed by atoms with Crippen molar-refractivity contribution in [3.63, 3.8) is 0 Å².